The number of carboxylic acids is 1. The van der Waals surface area contributed by atoms with Crippen LogP contribution in [0.5, 0.6) is 0 Å². The fraction of sp³-hybridized carbons (Fsp3) is 0.615. The van der Waals surface area contributed by atoms with Crippen LogP contribution in [0.25, 0.3) is 0 Å². The van der Waals surface area contributed by atoms with Gasteiger partial charge in [0.05, 0.1) is 12.1 Å². The van der Waals surface area contributed by atoms with E-state index in [2.05, 4.69) is 4.90 Å². The van der Waals surface area contributed by atoms with Gasteiger partial charge in [-0.05, 0) is 37.9 Å². The van der Waals surface area contributed by atoms with Gasteiger partial charge in [-0.2, -0.15) is 0 Å². The van der Waals surface area contributed by atoms with E-state index in [1.807, 2.05) is 13.8 Å². The molecule has 2 rings (SSSR count). The summed E-state index contributed by atoms with van der Waals surface area (Å²) in [5.74, 6) is -0.141. The van der Waals surface area contributed by atoms with Crippen molar-refractivity contribution >= 4 is 5.97 Å². The number of furan rings is 1. The number of hydrogen-bond acceptors (Lipinski definition) is 4. The first-order chi connectivity index (χ1) is 8.49. The molecular weight excluding hydrogens is 234 g/mol. The second kappa shape index (κ2) is 5.12. The lowest BCUT2D eigenvalue weighted by atomic mass is 9.95. The van der Waals surface area contributed by atoms with Crippen LogP contribution in [0.15, 0.2) is 16.5 Å². The van der Waals surface area contributed by atoms with Gasteiger partial charge in [0.15, 0.2) is 0 Å². The molecule has 0 amide bonds. The van der Waals surface area contributed by atoms with Gasteiger partial charge in [0.25, 0.3) is 0 Å². The van der Waals surface area contributed by atoms with Crippen LogP contribution in [0.3, 0.4) is 0 Å². The Balaban J connectivity index is 2.06. The predicted octanol–water partition coefficient (Wildman–Crippen LogP) is 1.74. The molecule has 0 spiro atoms. The number of piperidine rings is 1. The lowest BCUT2D eigenvalue weighted by Crippen LogP contribution is -2.43. The van der Waals surface area contributed by atoms with Gasteiger partial charge in [0, 0.05) is 6.54 Å². The van der Waals surface area contributed by atoms with Crippen molar-refractivity contribution in [1.82, 2.24) is 4.90 Å². The van der Waals surface area contributed by atoms with Crippen LogP contribution in [-0.2, 0) is 0 Å². The standard InChI is InChI=1S/C13H19NO4/c1-8-5-6-14(7-10(8)15)9(2)11-3-4-12(18-11)13(16)17/h3-4,8-10,15H,5-7H2,1-2H3,(H,16,17). The van der Waals surface area contributed by atoms with E-state index in [1.54, 1.807) is 6.07 Å². The van der Waals surface area contributed by atoms with Crippen molar-refractivity contribution < 1.29 is 19.4 Å². The van der Waals surface area contributed by atoms with Gasteiger partial charge in [-0.1, -0.05) is 6.92 Å². The van der Waals surface area contributed by atoms with Crippen LogP contribution < -0.4 is 0 Å². The average Bonchev–Trinajstić information content (AvgIpc) is 2.81. The summed E-state index contributed by atoms with van der Waals surface area (Å²) >= 11 is 0. The number of carbonyl (C=O) groups is 1. The number of likely N-dealkylation sites (tertiary alicyclic amines) is 1. The normalized spacial score (nSPS) is 27.1. The van der Waals surface area contributed by atoms with Gasteiger partial charge in [0.2, 0.25) is 5.76 Å². The first kappa shape index (κ1) is 13.1. The van der Waals surface area contributed by atoms with Gasteiger partial charge in [-0.25, -0.2) is 4.79 Å². The summed E-state index contributed by atoms with van der Waals surface area (Å²) in [5, 5.41) is 18.7. The molecule has 5 nitrogen and oxygen atoms in total. The number of aromatic carboxylic acids is 1. The number of β-amino-alcohol motifs (C(OH)–C–C–N with tert-alkyl or cyclic N) is 1. The van der Waals surface area contributed by atoms with Crippen molar-refractivity contribution in [2.45, 2.75) is 32.4 Å². The molecule has 1 aromatic heterocycles. The molecule has 2 heterocycles. The van der Waals surface area contributed by atoms with Gasteiger partial charge in [0.1, 0.15) is 5.76 Å². The van der Waals surface area contributed by atoms with Crippen molar-refractivity contribution in [2.24, 2.45) is 5.92 Å². The molecular formula is C13H19NO4. The fourth-order valence-electron chi connectivity index (χ4n) is 2.30. The van der Waals surface area contributed by atoms with E-state index in [1.165, 1.54) is 6.07 Å². The molecule has 100 valence electrons. The Kier molecular flexibility index (Phi) is 3.73. The molecule has 1 fully saturated rings. The highest BCUT2D eigenvalue weighted by atomic mass is 16.4. The maximum atomic E-state index is 10.8. The Morgan fingerprint density at radius 1 is 1.56 bits per heavy atom. The van der Waals surface area contributed by atoms with E-state index in [0.717, 1.165) is 13.0 Å². The van der Waals surface area contributed by atoms with E-state index in [9.17, 15) is 9.90 Å². The predicted molar refractivity (Wildman–Crippen MR) is 65.4 cm³/mol. The van der Waals surface area contributed by atoms with Crippen molar-refractivity contribution in [3.8, 4) is 0 Å². The Labute approximate surface area is 106 Å². The second-order valence-corrected chi connectivity index (χ2v) is 5.01. The SMILES string of the molecule is CC1CCN(C(C)c2ccc(C(=O)O)o2)CC1O. The summed E-state index contributed by atoms with van der Waals surface area (Å²) in [4.78, 5) is 12.9. The number of rotatable bonds is 3. The molecule has 1 aliphatic heterocycles. The molecule has 0 radical (unpaired) electrons. The lowest BCUT2D eigenvalue weighted by molar-refractivity contribution is 0.00875. The van der Waals surface area contributed by atoms with E-state index in [0.29, 0.717) is 18.2 Å². The molecule has 1 saturated heterocycles. The number of aliphatic hydroxyl groups is 1. The third-order valence-corrected chi connectivity index (χ3v) is 3.75. The quantitative estimate of drug-likeness (QED) is 0.858. The second-order valence-electron chi connectivity index (χ2n) is 5.01. The largest absolute Gasteiger partial charge is 0.475 e. The molecule has 5 heteroatoms. The van der Waals surface area contributed by atoms with Gasteiger partial charge >= 0.3 is 5.97 Å². The minimum absolute atomic E-state index is 0.0137. The van der Waals surface area contributed by atoms with Crippen molar-refractivity contribution in [2.75, 3.05) is 13.1 Å². The lowest BCUT2D eigenvalue weighted by Gasteiger charge is -2.37. The van der Waals surface area contributed by atoms with E-state index >= 15 is 0 Å². The first-order valence-corrected chi connectivity index (χ1v) is 6.24. The minimum Gasteiger partial charge on any atom is -0.475 e. The molecule has 2 N–H and O–H groups in total. The summed E-state index contributed by atoms with van der Waals surface area (Å²) in [7, 11) is 0. The maximum Gasteiger partial charge on any atom is 0.371 e. The Morgan fingerprint density at radius 3 is 2.83 bits per heavy atom. The first-order valence-electron chi connectivity index (χ1n) is 6.24. The molecule has 0 bridgehead atoms. The zero-order chi connectivity index (χ0) is 13.3. The zero-order valence-corrected chi connectivity index (χ0v) is 10.7. The monoisotopic (exact) mass is 253 g/mol. The van der Waals surface area contributed by atoms with Crippen LogP contribution in [0.2, 0.25) is 0 Å². The highest BCUT2D eigenvalue weighted by molar-refractivity contribution is 5.84. The van der Waals surface area contributed by atoms with E-state index in [4.69, 9.17) is 9.52 Å². The van der Waals surface area contributed by atoms with Crippen LogP contribution in [0.1, 0.15) is 42.6 Å². The van der Waals surface area contributed by atoms with Gasteiger partial charge in [-0.3, -0.25) is 4.90 Å². The molecule has 0 aliphatic carbocycles. The molecule has 3 unspecified atom stereocenters. The number of carboxylic acid groups (broad SMARTS) is 1. The van der Waals surface area contributed by atoms with Gasteiger partial charge < -0.3 is 14.6 Å². The van der Waals surface area contributed by atoms with Crippen molar-refractivity contribution in [3.05, 3.63) is 23.7 Å². The molecule has 0 saturated carbocycles. The van der Waals surface area contributed by atoms with Crippen LogP contribution in [0, 0.1) is 5.92 Å². The fourth-order valence-corrected chi connectivity index (χ4v) is 2.30. The zero-order valence-electron chi connectivity index (χ0n) is 10.7. The van der Waals surface area contributed by atoms with Crippen LogP contribution in [0.4, 0.5) is 0 Å². The third kappa shape index (κ3) is 2.57. The third-order valence-electron chi connectivity index (χ3n) is 3.75. The average molecular weight is 253 g/mol. The summed E-state index contributed by atoms with van der Waals surface area (Å²) in [5.41, 5.74) is 0. The Bertz CT molecular complexity index is 428. The highest BCUT2D eigenvalue weighted by Gasteiger charge is 2.29. The van der Waals surface area contributed by atoms with Crippen molar-refractivity contribution in [3.63, 3.8) is 0 Å². The van der Waals surface area contributed by atoms with E-state index < -0.39 is 5.97 Å². The molecule has 3 atom stereocenters. The number of aliphatic hydroxyl groups excluding tert-OH is 1. The smallest absolute Gasteiger partial charge is 0.371 e. The Hall–Kier alpha value is -1.33. The van der Waals surface area contributed by atoms with Gasteiger partial charge in [-0.15, -0.1) is 0 Å². The maximum absolute atomic E-state index is 10.8. The summed E-state index contributed by atoms with van der Waals surface area (Å²) in [6.07, 6.45) is 0.618. The molecule has 18 heavy (non-hydrogen) atoms. The summed E-state index contributed by atoms with van der Waals surface area (Å²) in [6.45, 7) is 5.50. The summed E-state index contributed by atoms with van der Waals surface area (Å²) < 4.78 is 5.30. The number of nitrogens with zero attached hydrogens (tertiary/aromatic N) is 1. The summed E-state index contributed by atoms with van der Waals surface area (Å²) in [6, 6.07) is 3.15. The number of hydrogen-bond donors (Lipinski definition) is 2. The van der Waals surface area contributed by atoms with Crippen molar-refractivity contribution in [1.29, 1.82) is 0 Å². The van der Waals surface area contributed by atoms with E-state index in [-0.39, 0.29) is 17.9 Å². The van der Waals surface area contributed by atoms with Crippen LogP contribution >= 0.6 is 0 Å². The molecule has 0 aromatic carbocycles. The molecule has 1 aliphatic rings. The molecule has 1 aromatic rings. The highest BCUT2D eigenvalue weighted by Crippen LogP contribution is 2.27. The topological polar surface area (TPSA) is 73.9 Å². The van der Waals surface area contributed by atoms with Crippen LogP contribution in [-0.4, -0.2) is 40.3 Å². The minimum atomic E-state index is -1.05. The Morgan fingerprint density at radius 2 is 2.28 bits per heavy atom.